The minimum Gasteiger partial charge on any atom is -0.393 e. The molecule has 0 unspecified atom stereocenters. The molecule has 1 nitrogen and oxygen atoms in total. The molecule has 0 bridgehead atoms. The van der Waals surface area contributed by atoms with Crippen LogP contribution in [0.1, 0.15) is 96.8 Å². The Morgan fingerprint density at radius 1 is 0.591 bits per heavy atom. The van der Waals surface area contributed by atoms with Crippen LogP contribution in [0.4, 0.5) is 0 Å². The summed E-state index contributed by atoms with van der Waals surface area (Å²) in [4.78, 5) is 0. The molecule has 0 aromatic carbocycles. The molecule has 1 heteroatoms. The number of aliphatic hydroxyl groups is 1. The molecule has 0 radical (unpaired) electrons. The Morgan fingerprint density at radius 3 is 1.50 bits per heavy atom. The van der Waals surface area contributed by atoms with Crippen LogP contribution >= 0.6 is 0 Å². The Bertz CT molecular complexity index is 302. The molecule has 3 fully saturated rings. The van der Waals surface area contributed by atoms with Gasteiger partial charge >= 0.3 is 0 Å². The fourth-order valence-corrected chi connectivity index (χ4v) is 5.61. The molecule has 3 saturated carbocycles. The normalized spacial score (nSPS) is 43.9. The third-order valence-corrected chi connectivity index (χ3v) is 7.42. The average molecular weight is 307 g/mol. The van der Waals surface area contributed by atoms with Crippen molar-refractivity contribution in [2.24, 2.45) is 29.6 Å². The molecule has 3 aliphatic rings. The zero-order valence-electron chi connectivity index (χ0n) is 14.8. The Kier molecular flexibility index (Phi) is 6.24. The molecule has 0 aliphatic heterocycles. The van der Waals surface area contributed by atoms with Crippen LogP contribution in [-0.4, -0.2) is 11.2 Å². The van der Waals surface area contributed by atoms with Crippen molar-refractivity contribution in [2.75, 3.05) is 0 Å². The number of aliphatic hydroxyl groups excluding tert-OH is 1. The molecule has 0 amide bonds. The van der Waals surface area contributed by atoms with E-state index < -0.39 is 0 Å². The lowest BCUT2D eigenvalue weighted by molar-refractivity contribution is 0.0757. The molecule has 0 spiro atoms. The van der Waals surface area contributed by atoms with Gasteiger partial charge in [-0.2, -0.15) is 0 Å². The van der Waals surface area contributed by atoms with Gasteiger partial charge in [0.15, 0.2) is 0 Å². The number of rotatable bonds is 4. The summed E-state index contributed by atoms with van der Waals surface area (Å²) < 4.78 is 0. The standard InChI is InChI=1S/C21H38O/c1-16-2-4-17(5-3-16)6-7-18-8-10-19(11-9-18)20-12-14-21(22)15-13-20/h16-22H,2-15H2,1H3. The molecular formula is C21H38O. The monoisotopic (exact) mass is 306 g/mol. The van der Waals surface area contributed by atoms with Crippen LogP contribution < -0.4 is 0 Å². The second-order valence-electron chi connectivity index (χ2n) is 9.05. The van der Waals surface area contributed by atoms with Crippen molar-refractivity contribution in [2.45, 2.75) is 103 Å². The summed E-state index contributed by atoms with van der Waals surface area (Å²) in [6.07, 6.45) is 19.8. The minimum atomic E-state index is 0.0193. The van der Waals surface area contributed by atoms with Crippen LogP contribution in [-0.2, 0) is 0 Å². The van der Waals surface area contributed by atoms with Crippen molar-refractivity contribution in [3.8, 4) is 0 Å². The summed E-state index contributed by atoms with van der Waals surface area (Å²) in [5.41, 5.74) is 0. The van der Waals surface area contributed by atoms with Crippen molar-refractivity contribution in [1.29, 1.82) is 0 Å². The summed E-state index contributed by atoms with van der Waals surface area (Å²) in [7, 11) is 0. The summed E-state index contributed by atoms with van der Waals surface area (Å²) in [5.74, 6) is 5.06. The van der Waals surface area contributed by atoms with Crippen molar-refractivity contribution in [1.82, 2.24) is 0 Å². The van der Waals surface area contributed by atoms with Crippen LogP contribution in [0.15, 0.2) is 0 Å². The molecule has 1 N–H and O–H groups in total. The highest BCUT2D eigenvalue weighted by atomic mass is 16.3. The van der Waals surface area contributed by atoms with Crippen LogP contribution in [0.5, 0.6) is 0 Å². The highest BCUT2D eigenvalue weighted by molar-refractivity contribution is 4.82. The first-order valence-corrected chi connectivity index (χ1v) is 10.4. The van der Waals surface area contributed by atoms with E-state index in [1.165, 1.54) is 77.0 Å². The lowest BCUT2D eigenvalue weighted by Crippen LogP contribution is -2.27. The quantitative estimate of drug-likeness (QED) is 0.680. The molecule has 3 aliphatic carbocycles. The van der Waals surface area contributed by atoms with Gasteiger partial charge in [-0.05, 0) is 68.1 Å². The second kappa shape index (κ2) is 8.18. The van der Waals surface area contributed by atoms with Crippen LogP contribution in [0.3, 0.4) is 0 Å². The van der Waals surface area contributed by atoms with E-state index in [0.717, 1.165) is 42.4 Å². The first-order chi connectivity index (χ1) is 10.7. The Labute approximate surface area is 138 Å². The maximum Gasteiger partial charge on any atom is 0.0540 e. The third kappa shape index (κ3) is 4.73. The average Bonchev–Trinajstić information content (AvgIpc) is 2.56. The summed E-state index contributed by atoms with van der Waals surface area (Å²) >= 11 is 0. The first-order valence-electron chi connectivity index (χ1n) is 10.4. The van der Waals surface area contributed by atoms with Gasteiger partial charge in [-0.3, -0.25) is 0 Å². The zero-order chi connectivity index (χ0) is 15.4. The molecule has 0 atom stereocenters. The van der Waals surface area contributed by atoms with Gasteiger partial charge in [0.25, 0.3) is 0 Å². The first kappa shape index (κ1) is 16.8. The fraction of sp³-hybridized carbons (Fsp3) is 1.00. The van der Waals surface area contributed by atoms with E-state index in [0.29, 0.717) is 0 Å². The smallest absolute Gasteiger partial charge is 0.0540 e. The molecule has 128 valence electrons. The van der Waals surface area contributed by atoms with E-state index in [2.05, 4.69) is 6.92 Å². The molecule has 22 heavy (non-hydrogen) atoms. The predicted octanol–water partition coefficient (Wildman–Crippen LogP) is 5.95. The van der Waals surface area contributed by atoms with Gasteiger partial charge < -0.3 is 5.11 Å². The van der Waals surface area contributed by atoms with Crippen molar-refractivity contribution < 1.29 is 5.11 Å². The second-order valence-corrected chi connectivity index (χ2v) is 9.05. The molecule has 0 aromatic rings. The molecule has 0 aromatic heterocycles. The molecular weight excluding hydrogens is 268 g/mol. The largest absolute Gasteiger partial charge is 0.393 e. The van der Waals surface area contributed by atoms with Crippen LogP contribution in [0.25, 0.3) is 0 Å². The highest BCUT2D eigenvalue weighted by Gasteiger charge is 2.30. The summed E-state index contributed by atoms with van der Waals surface area (Å²) in [6, 6.07) is 0. The van der Waals surface area contributed by atoms with Gasteiger partial charge in [0, 0.05) is 0 Å². The Hall–Kier alpha value is -0.0400. The molecule has 0 saturated heterocycles. The minimum absolute atomic E-state index is 0.0193. The van der Waals surface area contributed by atoms with Gasteiger partial charge in [-0.1, -0.05) is 58.3 Å². The van der Waals surface area contributed by atoms with Crippen LogP contribution in [0.2, 0.25) is 0 Å². The molecule has 0 heterocycles. The maximum absolute atomic E-state index is 9.68. The van der Waals surface area contributed by atoms with E-state index in [4.69, 9.17) is 0 Å². The van der Waals surface area contributed by atoms with E-state index >= 15 is 0 Å². The SMILES string of the molecule is CC1CCC(CCC2CCC(C3CCC(O)CC3)CC2)CC1. The van der Waals surface area contributed by atoms with Gasteiger partial charge in [-0.15, -0.1) is 0 Å². The van der Waals surface area contributed by atoms with Gasteiger partial charge in [0.05, 0.1) is 6.10 Å². The van der Waals surface area contributed by atoms with Gasteiger partial charge in [-0.25, -0.2) is 0 Å². The third-order valence-electron chi connectivity index (χ3n) is 7.42. The predicted molar refractivity (Wildman–Crippen MR) is 93.8 cm³/mol. The molecule has 3 rings (SSSR count). The number of hydrogen-bond donors (Lipinski definition) is 1. The summed E-state index contributed by atoms with van der Waals surface area (Å²) in [5, 5.41) is 9.68. The summed E-state index contributed by atoms with van der Waals surface area (Å²) in [6.45, 7) is 2.43. The Morgan fingerprint density at radius 2 is 1.00 bits per heavy atom. The van der Waals surface area contributed by atoms with E-state index in [-0.39, 0.29) is 6.10 Å². The van der Waals surface area contributed by atoms with Gasteiger partial charge in [0.2, 0.25) is 0 Å². The van der Waals surface area contributed by atoms with Crippen molar-refractivity contribution in [3.63, 3.8) is 0 Å². The van der Waals surface area contributed by atoms with Crippen molar-refractivity contribution in [3.05, 3.63) is 0 Å². The Balaban J connectivity index is 1.32. The van der Waals surface area contributed by atoms with Crippen molar-refractivity contribution >= 4 is 0 Å². The van der Waals surface area contributed by atoms with E-state index in [1.807, 2.05) is 0 Å². The maximum atomic E-state index is 9.68. The van der Waals surface area contributed by atoms with E-state index in [1.54, 1.807) is 0 Å². The highest BCUT2D eigenvalue weighted by Crippen LogP contribution is 2.42. The lowest BCUT2D eigenvalue weighted by atomic mass is 9.69. The van der Waals surface area contributed by atoms with E-state index in [9.17, 15) is 5.11 Å². The van der Waals surface area contributed by atoms with Crippen LogP contribution in [0, 0.1) is 29.6 Å². The zero-order valence-corrected chi connectivity index (χ0v) is 14.8. The fourth-order valence-electron chi connectivity index (χ4n) is 5.61. The topological polar surface area (TPSA) is 20.2 Å². The number of hydrogen-bond acceptors (Lipinski definition) is 1. The lowest BCUT2D eigenvalue weighted by Gasteiger charge is -2.37. The van der Waals surface area contributed by atoms with Gasteiger partial charge in [0.1, 0.15) is 0 Å².